The van der Waals surface area contributed by atoms with Crippen molar-refractivity contribution in [1.29, 1.82) is 0 Å². The van der Waals surface area contributed by atoms with Crippen LogP contribution in [0.3, 0.4) is 0 Å². The maximum atomic E-state index is 13.4. The molecule has 2 nitrogen and oxygen atoms in total. The number of hydrogen-bond acceptors (Lipinski definition) is 2. The molecular weight excluding hydrogens is 263 g/mol. The summed E-state index contributed by atoms with van der Waals surface area (Å²) in [4.78, 5) is 0. The fourth-order valence-corrected chi connectivity index (χ4v) is 2.37. The lowest BCUT2D eigenvalue weighted by Gasteiger charge is -2.19. The van der Waals surface area contributed by atoms with E-state index in [0.717, 1.165) is 16.7 Å². The monoisotopic (exact) mass is 278 g/mol. The molecule has 0 heterocycles. The molecule has 100 valence electrons. The summed E-state index contributed by atoms with van der Waals surface area (Å²) in [6.45, 7) is 2.02. The van der Waals surface area contributed by atoms with Crippen LogP contribution < -0.4 is 11.3 Å². The van der Waals surface area contributed by atoms with Crippen molar-refractivity contribution in [2.24, 2.45) is 5.84 Å². The van der Waals surface area contributed by atoms with E-state index in [2.05, 4.69) is 5.43 Å². The largest absolute Gasteiger partial charge is 0.271 e. The highest BCUT2D eigenvalue weighted by molar-refractivity contribution is 6.31. The SMILES string of the molecule is Cc1ccccc1C(Cc1cccc(F)c1Cl)NN. The van der Waals surface area contributed by atoms with Gasteiger partial charge in [-0.2, -0.15) is 0 Å². The standard InChI is InChI=1S/C15H16ClFN2/c1-10-5-2-3-7-12(10)14(19-18)9-11-6-4-8-13(17)15(11)16/h2-8,14,19H,9,18H2,1H3. The number of nitrogens with two attached hydrogens (primary N) is 1. The molecule has 0 aliphatic carbocycles. The van der Waals surface area contributed by atoms with E-state index in [0.29, 0.717) is 6.42 Å². The first kappa shape index (κ1) is 14.0. The van der Waals surface area contributed by atoms with E-state index in [1.807, 2.05) is 37.3 Å². The minimum atomic E-state index is -0.403. The number of rotatable bonds is 4. The number of aryl methyl sites for hydroxylation is 1. The summed E-state index contributed by atoms with van der Waals surface area (Å²) in [6, 6.07) is 12.7. The first-order valence-electron chi connectivity index (χ1n) is 6.08. The van der Waals surface area contributed by atoms with Crippen molar-refractivity contribution in [3.8, 4) is 0 Å². The summed E-state index contributed by atoms with van der Waals surface area (Å²) >= 11 is 5.98. The minimum absolute atomic E-state index is 0.0968. The van der Waals surface area contributed by atoms with Gasteiger partial charge in [0, 0.05) is 0 Å². The van der Waals surface area contributed by atoms with E-state index in [9.17, 15) is 4.39 Å². The van der Waals surface area contributed by atoms with E-state index < -0.39 is 5.82 Å². The average Bonchev–Trinajstić information content (AvgIpc) is 2.41. The van der Waals surface area contributed by atoms with Crippen LogP contribution in [-0.4, -0.2) is 0 Å². The molecule has 0 aliphatic rings. The molecule has 0 fully saturated rings. The normalized spacial score (nSPS) is 12.4. The highest BCUT2D eigenvalue weighted by Gasteiger charge is 2.15. The third kappa shape index (κ3) is 3.13. The maximum Gasteiger partial charge on any atom is 0.142 e. The lowest BCUT2D eigenvalue weighted by molar-refractivity contribution is 0.546. The molecule has 4 heteroatoms. The zero-order chi connectivity index (χ0) is 13.8. The molecule has 0 aromatic heterocycles. The Morgan fingerprint density at radius 2 is 1.95 bits per heavy atom. The van der Waals surface area contributed by atoms with E-state index in [-0.39, 0.29) is 11.1 Å². The lowest BCUT2D eigenvalue weighted by Crippen LogP contribution is -2.30. The van der Waals surface area contributed by atoms with Gasteiger partial charge in [-0.3, -0.25) is 11.3 Å². The Labute approximate surface area is 117 Å². The van der Waals surface area contributed by atoms with Crippen LogP contribution in [0.25, 0.3) is 0 Å². The van der Waals surface area contributed by atoms with Crippen LogP contribution >= 0.6 is 11.6 Å². The number of benzene rings is 2. The Balaban J connectivity index is 2.30. The fourth-order valence-electron chi connectivity index (χ4n) is 2.16. The van der Waals surface area contributed by atoms with E-state index >= 15 is 0 Å². The molecule has 1 unspecified atom stereocenters. The van der Waals surface area contributed by atoms with Gasteiger partial charge in [-0.05, 0) is 36.1 Å². The highest BCUT2D eigenvalue weighted by atomic mass is 35.5. The zero-order valence-electron chi connectivity index (χ0n) is 10.7. The smallest absolute Gasteiger partial charge is 0.142 e. The van der Waals surface area contributed by atoms with Gasteiger partial charge in [0.25, 0.3) is 0 Å². The van der Waals surface area contributed by atoms with Crippen molar-refractivity contribution < 1.29 is 4.39 Å². The fraction of sp³-hybridized carbons (Fsp3) is 0.200. The van der Waals surface area contributed by atoms with Crippen LogP contribution in [0.15, 0.2) is 42.5 Å². The molecule has 3 N–H and O–H groups in total. The molecule has 0 saturated heterocycles. The number of hydrogen-bond donors (Lipinski definition) is 2. The Morgan fingerprint density at radius 1 is 1.21 bits per heavy atom. The third-order valence-corrected chi connectivity index (χ3v) is 3.64. The van der Waals surface area contributed by atoms with E-state index in [4.69, 9.17) is 17.4 Å². The summed E-state index contributed by atoms with van der Waals surface area (Å²) in [5.74, 6) is 5.22. The molecule has 1 atom stereocenters. The lowest BCUT2D eigenvalue weighted by atomic mass is 9.96. The Hall–Kier alpha value is -1.42. The van der Waals surface area contributed by atoms with Crippen molar-refractivity contribution in [2.45, 2.75) is 19.4 Å². The third-order valence-electron chi connectivity index (χ3n) is 3.22. The van der Waals surface area contributed by atoms with Gasteiger partial charge in [0.05, 0.1) is 11.1 Å². The predicted octanol–water partition coefficient (Wildman–Crippen LogP) is 3.53. The maximum absolute atomic E-state index is 13.4. The number of halogens is 2. The molecule has 0 spiro atoms. The summed E-state index contributed by atoms with van der Waals surface area (Å²) < 4.78 is 13.4. The van der Waals surface area contributed by atoms with Gasteiger partial charge in [0.15, 0.2) is 0 Å². The van der Waals surface area contributed by atoms with Crippen LogP contribution in [0.5, 0.6) is 0 Å². The van der Waals surface area contributed by atoms with Crippen molar-refractivity contribution in [3.05, 3.63) is 70.0 Å². The molecule has 0 radical (unpaired) electrons. The van der Waals surface area contributed by atoms with Crippen LogP contribution in [0.4, 0.5) is 4.39 Å². The van der Waals surface area contributed by atoms with Crippen molar-refractivity contribution >= 4 is 11.6 Å². The van der Waals surface area contributed by atoms with Gasteiger partial charge in [-0.15, -0.1) is 0 Å². The number of nitrogens with one attached hydrogen (secondary N) is 1. The highest BCUT2D eigenvalue weighted by Crippen LogP contribution is 2.26. The molecule has 0 bridgehead atoms. The van der Waals surface area contributed by atoms with Gasteiger partial charge in [0.2, 0.25) is 0 Å². The molecule has 0 aliphatic heterocycles. The molecule has 2 aromatic carbocycles. The Morgan fingerprint density at radius 3 is 2.63 bits per heavy atom. The van der Waals surface area contributed by atoms with Crippen LogP contribution in [-0.2, 0) is 6.42 Å². The van der Waals surface area contributed by atoms with Crippen molar-refractivity contribution in [1.82, 2.24) is 5.43 Å². The second-order valence-electron chi connectivity index (χ2n) is 4.49. The topological polar surface area (TPSA) is 38.0 Å². The first-order valence-corrected chi connectivity index (χ1v) is 6.46. The predicted molar refractivity (Wildman–Crippen MR) is 76.4 cm³/mol. The van der Waals surface area contributed by atoms with Crippen LogP contribution in [0.1, 0.15) is 22.7 Å². The van der Waals surface area contributed by atoms with Crippen LogP contribution in [0.2, 0.25) is 5.02 Å². The Kier molecular flexibility index (Phi) is 4.53. The number of hydrazine groups is 1. The van der Waals surface area contributed by atoms with E-state index in [1.54, 1.807) is 6.07 Å². The van der Waals surface area contributed by atoms with Gasteiger partial charge in [-0.1, -0.05) is 48.0 Å². The second-order valence-corrected chi connectivity index (χ2v) is 4.87. The molecule has 0 saturated carbocycles. The second kappa shape index (κ2) is 6.15. The molecule has 0 amide bonds. The Bertz CT molecular complexity index is 572. The first-order chi connectivity index (χ1) is 9.13. The summed E-state index contributed by atoms with van der Waals surface area (Å²) in [6.07, 6.45) is 0.540. The van der Waals surface area contributed by atoms with Crippen molar-refractivity contribution in [3.63, 3.8) is 0 Å². The summed E-state index contributed by atoms with van der Waals surface area (Å²) in [5, 5.41) is 0.163. The molecule has 19 heavy (non-hydrogen) atoms. The quantitative estimate of drug-likeness (QED) is 0.663. The zero-order valence-corrected chi connectivity index (χ0v) is 11.4. The molecular formula is C15H16ClFN2. The van der Waals surface area contributed by atoms with Gasteiger partial charge < -0.3 is 0 Å². The van der Waals surface area contributed by atoms with Crippen molar-refractivity contribution in [2.75, 3.05) is 0 Å². The minimum Gasteiger partial charge on any atom is -0.271 e. The van der Waals surface area contributed by atoms with Gasteiger partial charge in [-0.25, -0.2) is 4.39 Å². The summed E-state index contributed by atoms with van der Waals surface area (Å²) in [7, 11) is 0. The van der Waals surface area contributed by atoms with E-state index in [1.165, 1.54) is 6.07 Å². The average molecular weight is 279 g/mol. The molecule has 2 aromatic rings. The summed E-state index contributed by atoms with van der Waals surface area (Å²) in [5.41, 5.74) is 5.74. The van der Waals surface area contributed by atoms with Crippen LogP contribution in [0, 0.1) is 12.7 Å². The molecule has 2 rings (SSSR count). The van der Waals surface area contributed by atoms with Gasteiger partial charge >= 0.3 is 0 Å². The van der Waals surface area contributed by atoms with Gasteiger partial charge in [0.1, 0.15) is 5.82 Å².